The quantitative estimate of drug-likeness (QED) is 0.469. The average molecular weight is 197 g/mol. The number of unbranched alkanes of at least 4 members (excludes halogenated alkanes) is 1. The number of carbonyl (C=O) groups excluding carboxylic acids is 1. The third-order valence-corrected chi connectivity index (χ3v) is 2.27. The lowest BCUT2D eigenvalue weighted by Gasteiger charge is -2.04. The van der Waals surface area contributed by atoms with Crippen molar-refractivity contribution in [1.29, 1.82) is 5.41 Å². The zero-order valence-corrected chi connectivity index (χ0v) is 9.73. The molecule has 14 heavy (non-hydrogen) atoms. The van der Waals surface area contributed by atoms with Gasteiger partial charge in [0.05, 0.1) is 5.71 Å². The van der Waals surface area contributed by atoms with Gasteiger partial charge in [0, 0.05) is 6.42 Å². The van der Waals surface area contributed by atoms with Crippen molar-refractivity contribution in [3.8, 4) is 0 Å². The number of ketones is 1. The Morgan fingerprint density at radius 2 is 1.86 bits per heavy atom. The van der Waals surface area contributed by atoms with Gasteiger partial charge in [0.2, 0.25) is 0 Å². The van der Waals surface area contributed by atoms with Gasteiger partial charge in [0.15, 0.2) is 5.78 Å². The van der Waals surface area contributed by atoms with Crippen molar-refractivity contribution in [2.45, 2.75) is 59.3 Å². The van der Waals surface area contributed by atoms with Crippen LogP contribution in [0.4, 0.5) is 0 Å². The molecular weight excluding hydrogens is 174 g/mol. The molecule has 0 fully saturated rings. The maximum absolute atomic E-state index is 11.2. The van der Waals surface area contributed by atoms with Crippen LogP contribution in [-0.4, -0.2) is 11.5 Å². The molecule has 0 aliphatic carbocycles. The highest BCUT2D eigenvalue weighted by Crippen LogP contribution is 2.09. The van der Waals surface area contributed by atoms with Gasteiger partial charge in [-0.1, -0.05) is 33.6 Å². The van der Waals surface area contributed by atoms with E-state index in [0.29, 0.717) is 18.6 Å². The summed E-state index contributed by atoms with van der Waals surface area (Å²) in [7, 11) is 0. The first-order valence-corrected chi connectivity index (χ1v) is 5.68. The Morgan fingerprint density at radius 1 is 1.21 bits per heavy atom. The maximum Gasteiger partial charge on any atom is 0.176 e. The number of hydrogen-bond acceptors (Lipinski definition) is 2. The van der Waals surface area contributed by atoms with E-state index < -0.39 is 0 Å². The normalized spacial score (nSPS) is 10.6. The third-order valence-electron chi connectivity index (χ3n) is 2.27. The predicted octanol–water partition coefficient (Wildman–Crippen LogP) is 3.59. The van der Waals surface area contributed by atoms with Crippen molar-refractivity contribution in [3.05, 3.63) is 0 Å². The Bertz CT molecular complexity index is 185. The number of carbonyl (C=O) groups is 1. The van der Waals surface area contributed by atoms with E-state index in [-0.39, 0.29) is 5.78 Å². The second-order valence-corrected chi connectivity index (χ2v) is 4.29. The molecule has 82 valence electrons. The van der Waals surface area contributed by atoms with Crippen LogP contribution in [0.1, 0.15) is 59.3 Å². The van der Waals surface area contributed by atoms with E-state index in [2.05, 4.69) is 13.8 Å². The molecule has 0 aliphatic rings. The molecule has 0 atom stereocenters. The molecule has 0 bridgehead atoms. The van der Waals surface area contributed by atoms with E-state index in [1.54, 1.807) is 0 Å². The Kier molecular flexibility index (Phi) is 7.35. The average Bonchev–Trinajstić information content (AvgIpc) is 2.12. The van der Waals surface area contributed by atoms with E-state index in [1.165, 1.54) is 6.42 Å². The fourth-order valence-electron chi connectivity index (χ4n) is 1.37. The van der Waals surface area contributed by atoms with E-state index in [0.717, 1.165) is 25.2 Å². The molecule has 0 aromatic carbocycles. The molecule has 0 rings (SSSR count). The number of hydrogen-bond donors (Lipinski definition) is 1. The Morgan fingerprint density at radius 3 is 2.36 bits per heavy atom. The Labute approximate surface area is 87.6 Å². The van der Waals surface area contributed by atoms with Crippen LogP contribution in [0.3, 0.4) is 0 Å². The van der Waals surface area contributed by atoms with Crippen LogP contribution >= 0.6 is 0 Å². The van der Waals surface area contributed by atoms with Crippen molar-refractivity contribution in [1.82, 2.24) is 0 Å². The molecule has 0 heterocycles. The second kappa shape index (κ2) is 7.72. The lowest BCUT2D eigenvalue weighted by atomic mass is 10.0. The molecule has 2 nitrogen and oxygen atoms in total. The van der Waals surface area contributed by atoms with Gasteiger partial charge in [-0.25, -0.2) is 0 Å². The Hall–Kier alpha value is -0.660. The molecule has 0 aliphatic heterocycles. The Balaban J connectivity index is 3.49. The highest BCUT2D eigenvalue weighted by atomic mass is 16.1. The van der Waals surface area contributed by atoms with Crippen molar-refractivity contribution in [2.75, 3.05) is 0 Å². The highest BCUT2D eigenvalue weighted by molar-refractivity contribution is 6.38. The summed E-state index contributed by atoms with van der Waals surface area (Å²) < 4.78 is 0. The van der Waals surface area contributed by atoms with Crippen LogP contribution in [0.5, 0.6) is 0 Å². The van der Waals surface area contributed by atoms with Gasteiger partial charge in [-0.05, 0) is 25.2 Å². The summed E-state index contributed by atoms with van der Waals surface area (Å²) in [5.41, 5.74) is 0.329. The summed E-state index contributed by atoms with van der Waals surface area (Å²) in [6.07, 6.45) is 5.41. The van der Waals surface area contributed by atoms with Crippen molar-refractivity contribution < 1.29 is 4.79 Å². The van der Waals surface area contributed by atoms with Crippen LogP contribution < -0.4 is 0 Å². The smallest absolute Gasteiger partial charge is 0.176 e. The molecule has 0 radical (unpaired) electrons. The summed E-state index contributed by atoms with van der Waals surface area (Å²) >= 11 is 0. The molecule has 0 unspecified atom stereocenters. The summed E-state index contributed by atoms with van der Waals surface area (Å²) in [6.45, 7) is 6.38. The lowest BCUT2D eigenvalue weighted by molar-refractivity contribution is -0.113. The first kappa shape index (κ1) is 13.3. The first-order valence-electron chi connectivity index (χ1n) is 5.68. The SMILES string of the molecule is CCCC(=O)C(=N)CCCCC(C)C. The van der Waals surface area contributed by atoms with Crippen LogP contribution in [-0.2, 0) is 4.79 Å². The van der Waals surface area contributed by atoms with Crippen LogP contribution in [0.15, 0.2) is 0 Å². The molecule has 0 saturated carbocycles. The van der Waals surface area contributed by atoms with Gasteiger partial charge in [-0.2, -0.15) is 0 Å². The van der Waals surface area contributed by atoms with Gasteiger partial charge in [0.25, 0.3) is 0 Å². The molecule has 0 spiro atoms. The largest absolute Gasteiger partial charge is 0.302 e. The summed E-state index contributed by atoms with van der Waals surface area (Å²) in [6, 6.07) is 0. The third kappa shape index (κ3) is 6.81. The van der Waals surface area contributed by atoms with E-state index in [9.17, 15) is 4.79 Å². The van der Waals surface area contributed by atoms with Crippen LogP contribution in [0, 0.1) is 11.3 Å². The minimum Gasteiger partial charge on any atom is -0.302 e. The zero-order chi connectivity index (χ0) is 11.0. The van der Waals surface area contributed by atoms with Gasteiger partial charge < -0.3 is 5.41 Å². The maximum atomic E-state index is 11.2. The predicted molar refractivity (Wildman–Crippen MR) is 60.9 cm³/mol. The van der Waals surface area contributed by atoms with Crippen LogP contribution in [0.25, 0.3) is 0 Å². The number of Topliss-reactive ketones (excluding diaryl/α,β-unsaturated/α-hetero) is 1. The van der Waals surface area contributed by atoms with Gasteiger partial charge in [0.1, 0.15) is 0 Å². The van der Waals surface area contributed by atoms with E-state index >= 15 is 0 Å². The van der Waals surface area contributed by atoms with Crippen molar-refractivity contribution in [3.63, 3.8) is 0 Å². The van der Waals surface area contributed by atoms with Gasteiger partial charge >= 0.3 is 0 Å². The summed E-state index contributed by atoms with van der Waals surface area (Å²) in [5.74, 6) is 0.771. The minimum atomic E-state index is 0.0389. The molecule has 0 aromatic heterocycles. The van der Waals surface area contributed by atoms with E-state index in [4.69, 9.17) is 5.41 Å². The monoisotopic (exact) mass is 197 g/mol. The van der Waals surface area contributed by atoms with Crippen molar-refractivity contribution >= 4 is 11.5 Å². The summed E-state index contributed by atoms with van der Waals surface area (Å²) in [4.78, 5) is 11.2. The summed E-state index contributed by atoms with van der Waals surface area (Å²) in [5, 5.41) is 7.53. The molecular formula is C12H23NO. The standard InChI is InChI=1S/C12H23NO/c1-4-7-12(14)11(13)9-6-5-8-10(2)3/h10,13H,4-9H2,1-3H3. The van der Waals surface area contributed by atoms with Gasteiger partial charge in [-0.15, -0.1) is 0 Å². The second-order valence-electron chi connectivity index (χ2n) is 4.29. The number of nitrogens with one attached hydrogen (secondary N) is 1. The number of rotatable bonds is 8. The van der Waals surface area contributed by atoms with Crippen molar-refractivity contribution in [2.24, 2.45) is 5.92 Å². The molecule has 1 N–H and O–H groups in total. The van der Waals surface area contributed by atoms with E-state index in [1.807, 2.05) is 6.92 Å². The lowest BCUT2D eigenvalue weighted by Crippen LogP contribution is -2.11. The first-order chi connectivity index (χ1) is 6.57. The van der Waals surface area contributed by atoms with Gasteiger partial charge in [-0.3, -0.25) is 4.79 Å². The molecule has 0 aromatic rings. The highest BCUT2D eigenvalue weighted by Gasteiger charge is 2.07. The molecule has 0 amide bonds. The zero-order valence-electron chi connectivity index (χ0n) is 9.73. The topological polar surface area (TPSA) is 40.9 Å². The molecule has 0 saturated heterocycles. The van der Waals surface area contributed by atoms with Crippen LogP contribution in [0.2, 0.25) is 0 Å². The molecule has 2 heteroatoms. The fourth-order valence-corrected chi connectivity index (χ4v) is 1.37. The fraction of sp³-hybridized carbons (Fsp3) is 0.833. The minimum absolute atomic E-state index is 0.0389.